The summed E-state index contributed by atoms with van der Waals surface area (Å²) in [6, 6.07) is 81.3. The van der Waals surface area contributed by atoms with Gasteiger partial charge in [0, 0.05) is 82.6 Å². The molecule has 0 unspecified atom stereocenters. The summed E-state index contributed by atoms with van der Waals surface area (Å²) in [5.74, 6) is 2.18. The summed E-state index contributed by atoms with van der Waals surface area (Å²) in [7, 11) is 0. The first-order chi connectivity index (χ1) is 59.3. The van der Waals surface area contributed by atoms with E-state index >= 15 is 0 Å². The minimum absolute atomic E-state index is 0.0277. The van der Waals surface area contributed by atoms with E-state index in [4.69, 9.17) is 18.9 Å². The molecule has 2 amide bonds. The van der Waals surface area contributed by atoms with Crippen LogP contribution in [0.5, 0.6) is 46.0 Å². The van der Waals surface area contributed by atoms with Gasteiger partial charge in [0.1, 0.15) is 46.0 Å². The molecule has 0 spiro atoms. The van der Waals surface area contributed by atoms with Crippen LogP contribution in [0.1, 0.15) is 183 Å². The topological polar surface area (TPSA) is 163 Å². The highest BCUT2D eigenvalue weighted by Gasteiger charge is 2.39. The predicted molar refractivity (Wildman–Crippen MR) is 454 cm³/mol. The molecule has 0 heterocycles. The summed E-state index contributed by atoms with van der Waals surface area (Å²) < 4.78 is 184. The smallest absolute Gasteiger partial charge is 0.416 e. The lowest BCUT2D eigenvalue weighted by Crippen LogP contribution is -2.14. The minimum atomic E-state index is -5.11. The van der Waals surface area contributed by atoms with Crippen molar-refractivity contribution in [3.05, 3.63) is 404 Å². The monoisotopic (exact) mass is 1710 g/mol. The lowest BCUT2D eigenvalue weighted by atomic mass is 9.98. The first kappa shape index (κ1) is 91.6. The van der Waals surface area contributed by atoms with E-state index in [9.17, 15) is 81.5 Å². The number of carbonyl (C=O) groups excluding carboxylic acids is 6. The van der Waals surface area contributed by atoms with E-state index in [-0.39, 0.29) is 75.9 Å². The Kier molecular flexibility index (Phi) is 29.8. The zero-order valence-corrected chi connectivity index (χ0v) is 68.1. The van der Waals surface area contributed by atoms with Crippen molar-refractivity contribution in [2.75, 3.05) is 10.6 Å². The third kappa shape index (κ3) is 26.9. The van der Waals surface area contributed by atoms with Crippen LogP contribution in [0.4, 0.5) is 64.1 Å². The summed E-state index contributed by atoms with van der Waals surface area (Å²) in [5.41, 5.74) is 1.28. The van der Waals surface area contributed by atoms with Crippen LogP contribution in [-0.4, -0.2) is 34.9 Å². The number of hydrogen-bond acceptors (Lipinski definition) is 10. The van der Waals surface area contributed by atoms with E-state index in [0.717, 1.165) is 27.8 Å². The number of halogens is 12. The highest BCUT2D eigenvalue weighted by atomic mass is 19.4. The maximum Gasteiger partial charge on any atom is 0.416 e. The normalized spacial score (nSPS) is 11.5. The molecule has 0 fully saturated rings. The van der Waals surface area contributed by atoms with Crippen molar-refractivity contribution in [3.8, 4) is 46.0 Å². The number of rotatable bonds is 27. The zero-order valence-electron chi connectivity index (χ0n) is 68.1. The first-order valence-electron chi connectivity index (χ1n) is 39.4. The van der Waals surface area contributed by atoms with Gasteiger partial charge in [0.25, 0.3) is 11.8 Å². The van der Waals surface area contributed by atoms with Gasteiger partial charge in [-0.3, -0.25) is 28.8 Å². The van der Waals surface area contributed by atoms with Crippen LogP contribution in [-0.2, 0) is 50.4 Å². The van der Waals surface area contributed by atoms with Crippen LogP contribution >= 0.6 is 0 Å². The van der Waals surface area contributed by atoms with Crippen molar-refractivity contribution in [1.82, 2.24) is 0 Å². The van der Waals surface area contributed by atoms with Crippen molar-refractivity contribution < 1.29 is 100 Å². The van der Waals surface area contributed by atoms with E-state index in [2.05, 4.69) is 38.3 Å². The standard InChI is InChI=1S/C41H28F12O4.C37H32O4.C23H22N2O2/c1-22(2)25-17-34(56-32-7-3-23(4-8-32)11-36(54)26-13-28(38(42,43)44)19-29(14-26)39(45,46)47)21-35(18-25)57-33-9-5-24(6-10-33)12-37(55)27-15-30(40(48,49)50)20-31(16-27)41(51,52)53;1-26(2)31-23-34(40-32-17-13-27(14-18-32)21-36(38)29-9-5-3-6-10-29)25-35(24-31)41-33-19-15-28(16-20-33)22-37(39)30-11-7-4-8-12-30;1-16(2)19-13-20(24-22(26)17-9-5-3-6-10-17)15-21(14-19)25-23(27)18-11-7-4-8-12-18/h3-10,13-22H,11-12H2,1-2H3;3-20,23-26H,21-22H2,1-2H3;3-16H,1-2H3,(H,24,26)(H,25,27). The number of ether oxygens (including phenoxy) is 4. The van der Waals surface area contributed by atoms with Crippen LogP contribution in [0.15, 0.2) is 309 Å². The van der Waals surface area contributed by atoms with Crippen molar-refractivity contribution in [2.24, 2.45) is 0 Å². The summed E-state index contributed by atoms with van der Waals surface area (Å²) in [6.45, 7) is 12.2. The van der Waals surface area contributed by atoms with Crippen LogP contribution < -0.4 is 29.6 Å². The molecule has 0 bridgehead atoms. The van der Waals surface area contributed by atoms with Gasteiger partial charge in [-0.05, 0) is 208 Å². The quantitative estimate of drug-likeness (QED) is 0.0374. The summed E-state index contributed by atoms with van der Waals surface area (Å²) in [4.78, 5) is 75.6. The van der Waals surface area contributed by atoms with Crippen LogP contribution in [0.2, 0.25) is 0 Å². The molecule has 0 saturated heterocycles. The lowest BCUT2D eigenvalue weighted by Gasteiger charge is -2.15. The van der Waals surface area contributed by atoms with Gasteiger partial charge in [-0.15, -0.1) is 0 Å². The Bertz CT molecular complexity index is 5520. The molecule has 13 rings (SSSR count). The van der Waals surface area contributed by atoms with Gasteiger partial charge in [-0.25, -0.2) is 0 Å². The number of Topliss-reactive ketones (excluding diaryl/α,β-unsaturated/α-hetero) is 4. The average molecular weight is 1710 g/mol. The lowest BCUT2D eigenvalue weighted by molar-refractivity contribution is -0.144. The molecular weight excluding hydrogens is 1630 g/mol. The maximum absolute atomic E-state index is 13.3. The second-order valence-electron chi connectivity index (χ2n) is 30.1. The largest absolute Gasteiger partial charge is 0.457 e. The molecule has 0 aromatic heterocycles. The molecule has 0 atom stereocenters. The molecule has 24 heteroatoms. The number of hydrogen-bond donors (Lipinski definition) is 2. The maximum atomic E-state index is 13.3. The second kappa shape index (κ2) is 40.7. The van der Waals surface area contributed by atoms with E-state index < -0.39 is 82.5 Å². The van der Waals surface area contributed by atoms with E-state index in [1.807, 2.05) is 190 Å². The van der Waals surface area contributed by atoms with Gasteiger partial charge < -0.3 is 29.6 Å². The van der Waals surface area contributed by atoms with E-state index in [1.165, 1.54) is 54.6 Å². The van der Waals surface area contributed by atoms with Crippen molar-refractivity contribution in [1.29, 1.82) is 0 Å². The molecule has 125 heavy (non-hydrogen) atoms. The summed E-state index contributed by atoms with van der Waals surface area (Å²) in [5, 5.41) is 5.83. The minimum Gasteiger partial charge on any atom is -0.457 e. The van der Waals surface area contributed by atoms with Gasteiger partial charge >= 0.3 is 24.7 Å². The molecule has 2 N–H and O–H groups in total. The SMILES string of the molecule is CC(C)c1cc(NC(=O)c2ccccc2)cc(NC(=O)c2ccccc2)c1.CC(C)c1cc(Oc2ccc(CC(=O)c3cc(C(F)(F)F)cc(C(F)(F)F)c3)cc2)cc(Oc2ccc(CC(=O)c3cc(C(F)(F)F)cc(C(F)(F)F)c3)cc2)c1.CC(C)c1cc(Oc2ccc(CC(=O)c3ccccc3)cc2)cc(Oc2ccc(CC(=O)c3ccccc3)cc2)c1. The zero-order chi connectivity index (χ0) is 89.9. The Labute approximate surface area is 713 Å². The Balaban J connectivity index is 0.000000194. The van der Waals surface area contributed by atoms with Crippen molar-refractivity contribution in [2.45, 2.75) is 110 Å². The molecule has 0 aliphatic heterocycles. The van der Waals surface area contributed by atoms with E-state index in [0.29, 0.717) is 105 Å². The number of benzene rings is 13. The molecule has 640 valence electrons. The fraction of sp³-hybridized carbons (Fsp3) is 0.168. The number of carbonyl (C=O) groups is 6. The highest BCUT2D eigenvalue weighted by Crippen LogP contribution is 2.41. The Morgan fingerprint density at radius 3 is 0.680 bits per heavy atom. The van der Waals surface area contributed by atoms with Gasteiger partial charge in [0.2, 0.25) is 0 Å². The second-order valence-corrected chi connectivity index (χ2v) is 30.1. The van der Waals surface area contributed by atoms with Gasteiger partial charge in [-0.1, -0.05) is 187 Å². The number of anilines is 2. The average Bonchev–Trinajstić information content (AvgIpc) is 0.792. The van der Waals surface area contributed by atoms with Crippen molar-refractivity contribution >= 4 is 46.3 Å². The molecule has 0 aliphatic rings. The Hall–Kier alpha value is -14.2. The van der Waals surface area contributed by atoms with E-state index in [1.54, 1.807) is 42.5 Å². The molecular formula is C101H82F12N2O10. The number of alkyl halides is 12. The molecule has 13 aromatic carbocycles. The summed E-state index contributed by atoms with van der Waals surface area (Å²) in [6.07, 6.45) is -20.8. The van der Waals surface area contributed by atoms with Gasteiger partial charge in [0.05, 0.1) is 22.3 Å². The Morgan fingerprint density at radius 2 is 0.456 bits per heavy atom. The fourth-order valence-corrected chi connectivity index (χ4v) is 12.7. The Morgan fingerprint density at radius 1 is 0.240 bits per heavy atom. The van der Waals surface area contributed by atoms with Crippen molar-refractivity contribution in [3.63, 3.8) is 0 Å². The number of amides is 2. The number of ketones is 4. The third-order valence-electron chi connectivity index (χ3n) is 19.5. The van der Waals surface area contributed by atoms with Gasteiger partial charge in [0.15, 0.2) is 23.1 Å². The third-order valence-corrected chi connectivity index (χ3v) is 19.5. The first-order valence-corrected chi connectivity index (χ1v) is 39.4. The van der Waals surface area contributed by atoms with Gasteiger partial charge in [-0.2, -0.15) is 52.7 Å². The predicted octanol–water partition coefficient (Wildman–Crippen LogP) is 27.9. The molecule has 0 radical (unpaired) electrons. The van der Waals surface area contributed by atoms with Crippen LogP contribution in [0, 0.1) is 0 Å². The summed E-state index contributed by atoms with van der Waals surface area (Å²) >= 11 is 0. The highest BCUT2D eigenvalue weighted by molar-refractivity contribution is 6.07. The fourth-order valence-electron chi connectivity index (χ4n) is 12.7. The van der Waals surface area contributed by atoms with Crippen LogP contribution in [0.25, 0.3) is 0 Å². The molecule has 12 nitrogen and oxygen atoms in total. The molecule has 0 aliphatic carbocycles. The molecule has 13 aromatic rings. The molecule has 0 saturated carbocycles. The van der Waals surface area contributed by atoms with Crippen LogP contribution in [0.3, 0.4) is 0 Å². The number of nitrogens with one attached hydrogen (secondary N) is 2.